The van der Waals surface area contributed by atoms with Gasteiger partial charge in [-0.05, 0) is 43.5 Å². The molecule has 1 aromatic carbocycles. The summed E-state index contributed by atoms with van der Waals surface area (Å²) in [5.74, 6) is -0.507. The number of benzene rings is 1. The zero-order chi connectivity index (χ0) is 12.3. The molecule has 4 heteroatoms. The van der Waals surface area contributed by atoms with E-state index in [2.05, 4.69) is 0 Å². The molecule has 1 aliphatic carbocycles. The highest BCUT2D eigenvalue weighted by Gasteiger charge is 2.26. The van der Waals surface area contributed by atoms with Crippen molar-refractivity contribution in [1.29, 1.82) is 0 Å². The molecule has 94 valence electrons. The molecule has 0 heterocycles. The molecule has 2 N–H and O–H groups in total. The number of nitrogens with two attached hydrogens (primary N) is 1. The first-order valence-corrected chi connectivity index (χ1v) is 5.96. The molecule has 2 rings (SSSR count). The van der Waals surface area contributed by atoms with E-state index in [1.165, 1.54) is 6.07 Å². The Morgan fingerprint density at radius 2 is 2.12 bits per heavy atom. The third kappa shape index (κ3) is 3.01. The first-order valence-electron chi connectivity index (χ1n) is 5.96. The van der Waals surface area contributed by atoms with E-state index in [0.717, 1.165) is 31.4 Å². The minimum atomic E-state index is -0.438. The van der Waals surface area contributed by atoms with Crippen LogP contribution in [0, 0.1) is 17.6 Å². The molecule has 1 aliphatic rings. The maximum absolute atomic E-state index is 13.4. The molecule has 0 radical (unpaired) electrons. The summed E-state index contributed by atoms with van der Waals surface area (Å²) in [5.41, 5.74) is 5.90. The lowest BCUT2D eigenvalue weighted by molar-refractivity contribution is 0.0168. The van der Waals surface area contributed by atoms with Gasteiger partial charge in [0.05, 0.1) is 12.7 Å². The van der Waals surface area contributed by atoms with Crippen molar-refractivity contribution in [3.8, 4) is 0 Å². The van der Waals surface area contributed by atoms with Crippen LogP contribution >= 0.6 is 0 Å². The monoisotopic (exact) mass is 241 g/mol. The Kier molecular flexibility index (Phi) is 4.07. The number of halogens is 2. The summed E-state index contributed by atoms with van der Waals surface area (Å²) < 4.78 is 31.9. The molecule has 0 aromatic heterocycles. The summed E-state index contributed by atoms with van der Waals surface area (Å²) in [6.45, 7) is 0.709. The molecule has 0 saturated heterocycles. The molecule has 1 aromatic rings. The van der Waals surface area contributed by atoms with Gasteiger partial charge in [-0.2, -0.15) is 0 Å². The fourth-order valence-corrected chi connectivity index (χ4v) is 2.34. The van der Waals surface area contributed by atoms with Crippen molar-refractivity contribution < 1.29 is 13.5 Å². The van der Waals surface area contributed by atoms with Gasteiger partial charge in [-0.1, -0.05) is 6.42 Å². The second-order valence-corrected chi connectivity index (χ2v) is 4.51. The first kappa shape index (κ1) is 12.5. The summed E-state index contributed by atoms with van der Waals surface area (Å²) in [6.07, 6.45) is 3.20. The van der Waals surface area contributed by atoms with Gasteiger partial charge in [-0.3, -0.25) is 0 Å². The second-order valence-electron chi connectivity index (χ2n) is 4.51. The fourth-order valence-electron chi connectivity index (χ4n) is 2.34. The number of hydrogen-bond donors (Lipinski definition) is 1. The molecular formula is C13H17F2NO. The third-order valence-corrected chi connectivity index (χ3v) is 3.35. The predicted octanol–water partition coefficient (Wildman–Crippen LogP) is 2.61. The van der Waals surface area contributed by atoms with E-state index in [-0.39, 0.29) is 18.3 Å². The molecular weight excluding hydrogens is 224 g/mol. The normalized spacial score (nSPS) is 24.2. The molecule has 0 amide bonds. The Balaban J connectivity index is 1.95. The molecule has 2 nitrogen and oxygen atoms in total. The van der Waals surface area contributed by atoms with Crippen molar-refractivity contribution in [3.05, 3.63) is 35.4 Å². The maximum atomic E-state index is 13.4. The summed E-state index contributed by atoms with van der Waals surface area (Å²) in [7, 11) is 0. The van der Waals surface area contributed by atoms with Gasteiger partial charge in [0.15, 0.2) is 0 Å². The Morgan fingerprint density at radius 1 is 1.29 bits per heavy atom. The average molecular weight is 241 g/mol. The van der Waals surface area contributed by atoms with E-state index in [1.807, 2.05) is 0 Å². The van der Waals surface area contributed by atoms with Gasteiger partial charge in [-0.15, -0.1) is 0 Å². The lowest BCUT2D eigenvalue weighted by atomic mass is 10.1. The maximum Gasteiger partial charge on any atom is 0.128 e. The standard InChI is InChI=1S/C13H17F2NO/c14-11-4-5-12(15)10(6-11)8-17-13-3-1-2-9(13)7-16/h4-6,9,13H,1-3,7-8,16H2. The predicted molar refractivity (Wildman–Crippen MR) is 61.3 cm³/mol. The molecule has 17 heavy (non-hydrogen) atoms. The lowest BCUT2D eigenvalue weighted by Gasteiger charge is -2.18. The zero-order valence-electron chi connectivity index (χ0n) is 9.66. The highest BCUT2D eigenvalue weighted by molar-refractivity contribution is 5.17. The van der Waals surface area contributed by atoms with Crippen molar-refractivity contribution in [2.75, 3.05) is 6.54 Å². The zero-order valence-corrected chi connectivity index (χ0v) is 9.66. The van der Waals surface area contributed by atoms with Crippen molar-refractivity contribution in [2.45, 2.75) is 32.0 Å². The quantitative estimate of drug-likeness (QED) is 0.879. The number of hydrogen-bond acceptors (Lipinski definition) is 2. The van der Waals surface area contributed by atoms with Crippen molar-refractivity contribution in [3.63, 3.8) is 0 Å². The van der Waals surface area contributed by atoms with Crippen LogP contribution < -0.4 is 5.73 Å². The van der Waals surface area contributed by atoms with Crippen LogP contribution in [0.25, 0.3) is 0 Å². The molecule has 1 saturated carbocycles. The molecule has 0 aliphatic heterocycles. The highest BCUT2D eigenvalue weighted by atomic mass is 19.1. The largest absolute Gasteiger partial charge is 0.373 e. The van der Waals surface area contributed by atoms with Gasteiger partial charge in [0.2, 0.25) is 0 Å². The fraction of sp³-hybridized carbons (Fsp3) is 0.538. The Bertz CT molecular complexity index is 384. The Hall–Kier alpha value is -1.00. The minimum absolute atomic E-state index is 0.0858. The van der Waals surface area contributed by atoms with Gasteiger partial charge in [0.25, 0.3) is 0 Å². The third-order valence-electron chi connectivity index (χ3n) is 3.35. The highest BCUT2D eigenvalue weighted by Crippen LogP contribution is 2.28. The average Bonchev–Trinajstić information content (AvgIpc) is 2.77. The van der Waals surface area contributed by atoms with Gasteiger partial charge in [-0.25, -0.2) is 8.78 Å². The van der Waals surface area contributed by atoms with E-state index in [9.17, 15) is 8.78 Å². The smallest absolute Gasteiger partial charge is 0.128 e. The van der Waals surface area contributed by atoms with Crippen LogP contribution in [0.4, 0.5) is 8.78 Å². The summed E-state index contributed by atoms with van der Waals surface area (Å²) in [4.78, 5) is 0. The Labute approximate surface area is 99.8 Å². The number of rotatable bonds is 4. The van der Waals surface area contributed by atoms with E-state index < -0.39 is 11.6 Å². The van der Waals surface area contributed by atoms with Crippen molar-refractivity contribution >= 4 is 0 Å². The van der Waals surface area contributed by atoms with Crippen LogP contribution in [-0.4, -0.2) is 12.6 Å². The minimum Gasteiger partial charge on any atom is -0.373 e. The molecule has 0 bridgehead atoms. The lowest BCUT2D eigenvalue weighted by Crippen LogP contribution is -2.25. The number of ether oxygens (including phenoxy) is 1. The SMILES string of the molecule is NCC1CCCC1OCc1cc(F)ccc1F. The van der Waals surface area contributed by atoms with Crippen LogP contribution in [0.3, 0.4) is 0 Å². The summed E-state index contributed by atoms with van der Waals surface area (Å²) >= 11 is 0. The molecule has 2 atom stereocenters. The van der Waals surface area contributed by atoms with E-state index >= 15 is 0 Å². The van der Waals surface area contributed by atoms with Gasteiger partial charge >= 0.3 is 0 Å². The van der Waals surface area contributed by atoms with Crippen LogP contribution in [-0.2, 0) is 11.3 Å². The topological polar surface area (TPSA) is 35.2 Å². The van der Waals surface area contributed by atoms with Crippen molar-refractivity contribution in [2.24, 2.45) is 11.7 Å². The van der Waals surface area contributed by atoms with E-state index in [1.54, 1.807) is 0 Å². The first-order chi connectivity index (χ1) is 8.20. The molecule has 2 unspecified atom stereocenters. The Morgan fingerprint density at radius 3 is 2.88 bits per heavy atom. The van der Waals surface area contributed by atoms with Crippen LogP contribution in [0.1, 0.15) is 24.8 Å². The van der Waals surface area contributed by atoms with E-state index in [0.29, 0.717) is 12.5 Å². The van der Waals surface area contributed by atoms with E-state index in [4.69, 9.17) is 10.5 Å². The molecule has 1 fully saturated rings. The van der Waals surface area contributed by atoms with Crippen LogP contribution in [0.15, 0.2) is 18.2 Å². The van der Waals surface area contributed by atoms with Gasteiger partial charge in [0.1, 0.15) is 11.6 Å². The van der Waals surface area contributed by atoms with Crippen LogP contribution in [0.5, 0.6) is 0 Å². The van der Waals surface area contributed by atoms with Crippen molar-refractivity contribution in [1.82, 2.24) is 0 Å². The second kappa shape index (κ2) is 5.56. The van der Waals surface area contributed by atoms with Gasteiger partial charge < -0.3 is 10.5 Å². The van der Waals surface area contributed by atoms with Crippen LogP contribution in [0.2, 0.25) is 0 Å². The molecule has 0 spiro atoms. The summed E-state index contributed by atoms with van der Waals surface area (Å²) in [6, 6.07) is 3.42. The van der Waals surface area contributed by atoms with Gasteiger partial charge in [0, 0.05) is 5.56 Å². The summed E-state index contributed by atoms with van der Waals surface area (Å²) in [5, 5.41) is 0.